The SMILES string of the molecule is O=P(O)(OC(CCl)CBr)OC(CCl)CBr. The maximum atomic E-state index is 11.4. The van der Waals surface area contributed by atoms with E-state index in [-0.39, 0.29) is 11.8 Å². The van der Waals surface area contributed by atoms with E-state index < -0.39 is 20.0 Å². The summed E-state index contributed by atoms with van der Waals surface area (Å²) in [5.74, 6) is 0.192. The molecule has 2 atom stereocenters. The van der Waals surface area contributed by atoms with Gasteiger partial charge in [0.15, 0.2) is 0 Å². The summed E-state index contributed by atoms with van der Waals surface area (Å²) in [6.07, 6.45) is -1.15. The molecule has 0 aromatic heterocycles. The maximum Gasteiger partial charge on any atom is 0.472 e. The van der Waals surface area contributed by atoms with Gasteiger partial charge in [-0.25, -0.2) is 4.57 Å². The Balaban J connectivity index is 4.21. The van der Waals surface area contributed by atoms with E-state index in [2.05, 4.69) is 31.9 Å². The second-order valence-corrected chi connectivity index (χ2v) is 5.81. The zero-order valence-electron chi connectivity index (χ0n) is 7.61. The second kappa shape index (κ2) is 8.70. The van der Waals surface area contributed by atoms with Crippen molar-refractivity contribution in [2.45, 2.75) is 12.2 Å². The summed E-state index contributed by atoms with van der Waals surface area (Å²) in [4.78, 5) is 9.33. The average molecular weight is 409 g/mol. The Bertz CT molecular complexity index is 195. The predicted molar refractivity (Wildman–Crippen MR) is 68.6 cm³/mol. The van der Waals surface area contributed by atoms with Crippen LogP contribution in [-0.2, 0) is 13.6 Å². The summed E-state index contributed by atoms with van der Waals surface area (Å²) in [6, 6.07) is 0. The molecule has 0 aromatic rings. The number of phosphoric acid groups is 1. The molecule has 0 radical (unpaired) electrons. The van der Waals surface area contributed by atoms with Crippen LogP contribution in [0.4, 0.5) is 0 Å². The van der Waals surface area contributed by atoms with Crippen LogP contribution in [0, 0.1) is 0 Å². The highest BCUT2D eigenvalue weighted by Gasteiger charge is 2.29. The van der Waals surface area contributed by atoms with Gasteiger partial charge in [-0.3, -0.25) is 9.05 Å². The lowest BCUT2D eigenvalue weighted by atomic mass is 10.5. The summed E-state index contributed by atoms with van der Waals surface area (Å²) in [5, 5.41) is 0.703. The standard InChI is InChI=1S/C6H11Br2Cl2O4P/c7-1-5(3-9)13-15(11,12)14-6(2-8)4-10/h5-6H,1-4H2,(H,11,12). The van der Waals surface area contributed by atoms with Gasteiger partial charge >= 0.3 is 7.82 Å². The Labute approximate surface area is 115 Å². The van der Waals surface area contributed by atoms with Gasteiger partial charge in [-0.05, 0) is 0 Å². The maximum absolute atomic E-state index is 11.4. The molecular formula is C6H11Br2Cl2O4P. The smallest absolute Gasteiger partial charge is 0.302 e. The van der Waals surface area contributed by atoms with Crippen LogP contribution >= 0.6 is 62.9 Å². The normalized spacial score (nSPS) is 19.5. The van der Waals surface area contributed by atoms with Crippen molar-refractivity contribution >= 4 is 62.9 Å². The van der Waals surface area contributed by atoms with Gasteiger partial charge in [0.05, 0.1) is 24.0 Å². The molecule has 9 heteroatoms. The first-order chi connectivity index (χ1) is 6.99. The van der Waals surface area contributed by atoms with Gasteiger partial charge in [-0.1, -0.05) is 31.9 Å². The first kappa shape index (κ1) is 16.6. The van der Waals surface area contributed by atoms with Crippen LogP contribution in [0.5, 0.6) is 0 Å². The molecule has 0 spiro atoms. The van der Waals surface area contributed by atoms with E-state index in [9.17, 15) is 9.46 Å². The molecule has 0 aliphatic rings. The molecule has 0 saturated heterocycles. The van der Waals surface area contributed by atoms with E-state index in [4.69, 9.17) is 32.2 Å². The van der Waals surface area contributed by atoms with Crippen molar-refractivity contribution in [3.63, 3.8) is 0 Å². The molecule has 0 rings (SSSR count). The first-order valence-electron chi connectivity index (χ1n) is 3.92. The fourth-order valence-corrected chi connectivity index (χ4v) is 3.88. The third-order valence-corrected chi connectivity index (χ3v) is 4.51. The summed E-state index contributed by atoms with van der Waals surface area (Å²) in [7, 11) is -4.10. The largest absolute Gasteiger partial charge is 0.472 e. The van der Waals surface area contributed by atoms with E-state index in [0.717, 1.165) is 0 Å². The molecule has 92 valence electrons. The molecule has 15 heavy (non-hydrogen) atoms. The molecule has 2 unspecified atom stereocenters. The van der Waals surface area contributed by atoms with Crippen LogP contribution in [0.25, 0.3) is 0 Å². The van der Waals surface area contributed by atoms with Crippen molar-refractivity contribution in [1.82, 2.24) is 0 Å². The molecule has 0 saturated carbocycles. The van der Waals surface area contributed by atoms with Gasteiger partial charge < -0.3 is 4.89 Å². The molecule has 4 nitrogen and oxygen atoms in total. The van der Waals surface area contributed by atoms with Crippen LogP contribution in [0.3, 0.4) is 0 Å². The van der Waals surface area contributed by atoms with E-state index in [1.165, 1.54) is 0 Å². The number of alkyl halides is 4. The fourth-order valence-electron chi connectivity index (χ4n) is 0.597. The van der Waals surface area contributed by atoms with Crippen LogP contribution in [0.1, 0.15) is 0 Å². The lowest BCUT2D eigenvalue weighted by Crippen LogP contribution is -2.20. The van der Waals surface area contributed by atoms with Gasteiger partial charge in [0, 0.05) is 10.7 Å². The summed E-state index contributed by atoms with van der Waals surface area (Å²) in [6.45, 7) is 0. The number of phosphoric ester groups is 1. The molecule has 0 heterocycles. The molecule has 0 aliphatic heterocycles. The number of hydrogen-bond donors (Lipinski definition) is 1. The van der Waals surface area contributed by atoms with Gasteiger partial charge in [-0.2, -0.15) is 0 Å². The zero-order chi connectivity index (χ0) is 11.9. The predicted octanol–water partition coefficient (Wildman–Crippen LogP) is 3.12. The van der Waals surface area contributed by atoms with Crippen molar-refractivity contribution in [2.75, 3.05) is 22.4 Å². The highest BCUT2D eigenvalue weighted by molar-refractivity contribution is 9.09. The second-order valence-electron chi connectivity index (χ2n) is 2.54. The monoisotopic (exact) mass is 406 g/mol. The van der Waals surface area contributed by atoms with Crippen LogP contribution < -0.4 is 0 Å². The molecule has 0 aliphatic carbocycles. The summed E-state index contributed by atoms with van der Waals surface area (Å²) < 4.78 is 21.0. The number of rotatable bonds is 8. The van der Waals surface area contributed by atoms with Crippen LogP contribution in [-0.4, -0.2) is 39.5 Å². The van der Waals surface area contributed by atoms with E-state index in [1.807, 2.05) is 0 Å². The highest BCUT2D eigenvalue weighted by atomic mass is 79.9. The van der Waals surface area contributed by atoms with Crippen molar-refractivity contribution in [3.8, 4) is 0 Å². The minimum absolute atomic E-state index is 0.0962. The lowest BCUT2D eigenvalue weighted by molar-refractivity contribution is 0.104. The highest BCUT2D eigenvalue weighted by Crippen LogP contribution is 2.46. The van der Waals surface area contributed by atoms with Crippen molar-refractivity contribution < 1.29 is 18.5 Å². The Morgan fingerprint density at radius 3 is 1.67 bits per heavy atom. The Kier molecular flexibility index (Phi) is 9.66. The van der Waals surface area contributed by atoms with E-state index in [0.29, 0.717) is 10.7 Å². The summed E-state index contributed by atoms with van der Waals surface area (Å²) >= 11 is 17.2. The van der Waals surface area contributed by atoms with Crippen LogP contribution in [0.2, 0.25) is 0 Å². The Morgan fingerprint density at radius 2 is 1.47 bits per heavy atom. The van der Waals surface area contributed by atoms with Gasteiger partial charge in [0.25, 0.3) is 0 Å². The molecular weight excluding hydrogens is 398 g/mol. The molecule has 0 amide bonds. The zero-order valence-corrected chi connectivity index (χ0v) is 13.2. The summed E-state index contributed by atoms with van der Waals surface area (Å²) in [5.41, 5.74) is 0. The van der Waals surface area contributed by atoms with Gasteiger partial charge in [0.1, 0.15) is 0 Å². The third kappa shape index (κ3) is 7.55. The number of hydrogen-bond acceptors (Lipinski definition) is 3. The van der Waals surface area contributed by atoms with Gasteiger partial charge in [0.2, 0.25) is 0 Å². The average Bonchev–Trinajstić information content (AvgIpc) is 2.22. The van der Waals surface area contributed by atoms with E-state index >= 15 is 0 Å². The third-order valence-electron chi connectivity index (χ3n) is 1.25. The topological polar surface area (TPSA) is 55.8 Å². The van der Waals surface area contributed by atoms with E-state index in [1.54, 1.807) is 0 Å². The molecule has 1 N–H and O–H groups in total. The van der Waals surface area contributed by atoms with Crippen molar-refractivity contribution in [2.24, 2.45) is 0 Å². The lowest BCUT2D eigenvalue weighted by Gasteiger charge is -2.20. The molecule has 0 aromatic carbocycles. The number of halogens is 4. The minimum atomic E-state index is -4.10. The van der Waals surface area contributed by atoms with Crippen molar-refractivity contribution in [1.29, 1.82) is 0 Å². The quantitative estimate of drug-likeness (QED) is 0.495. The van der Waals surface area contributed by atoms with Crippen LogP contribution in [0.15, 0.2) is 0 Å². The first-order valence-corrected chi connectivity index (χ1v) is 8.73. The minimum Gasteiger partial charge on any atom is -0.302 e. The fraction of sp³-hybridized carbons (Fsp3) is 1.00. The molecule has 0 fully saturated rings. The molecule has 0 bridgehead atoms. The van der Waals surface area contributed by atoms with Gasteiger partial charge in [-0.15, -0.1) is 23.2 Å². The Morgan fingerprint density at radius 1 is 1.13 bits per heavy atom. The van der Waals surface area contributed by atoms with Crippen molar-refractivity contribution in [3.05, 3.63) is 0 Å². The Hall–Kier alpha value is 1.65.